The predicted octanol–water partition coefficient (Wildman–Crippen LogP) is 2.33. The SMILES string of the molecule is Cc1cc(N)ccc1Oc1cc(=O)[nH]c(C2CC2)n1. The minimum absolute atomic E-state index is 0.181. The van der Waals surface area contributed by atoms with Crippen molar-refractivity contribution in [2.75, 3.05) is 5.73 Å². The summed E-state index contributed by atoms with van der Waals surface area (Å²) in [7, 11) is 0. The number of aryl methyl sites for hydroxylation is 1. The molecule has 5 nitrogen and oxygen atoms in total. The Bertz CT molecular complexity index is 675. The third-order valence-corrected chi connectivity index (χ3v) is 3.11. The summed E-state index contributed by atoms with van der Waals surface area (Å²) in [5, 5.41) is 0. The van der Waals surface area contributed by atoms with Crippen LogP contribution in [0.1, 0.15) is 30.1 Å². The Hall–Kier alpha value is -2.30. The molecule has 1 aromatic heterocycles. The average Bonchev–Trinajstić information content (AvgIpc) is 3.16. The quantitative estimate of drug-likeness (QED) is 0.827. The van der Waals surface area contributed by atoms with Crippen molar-refractivity contribution in [3.8, 4) is 11.6 Å². The van der Waals surface area contributed by atoms with E-state index in [1.807, 2.05) is 13.0 Å². The van der Waals surface area contributed by atoms with Crippen LogP contribution in [0.4, 0.5) is 5.69 Å². The van der Waals surface area contributed by atoms with E-state index in [9.17, 15) is 4.79 Å². The van der Waals surface area contributed by atoms with Gasteiger partial charge in [0.1, 0.15) is 11.6 Å². The highest BCUT2D eigenvalue weighted by atomic mass is 16.5. The number of nitrogens with two attached hydrogens (primary N) is 1. The molecule has 1 aliphatic rings. The van der Waals surface area contributed by atoms with E-state index in [-0.39, 0.29) is 5.56 Å². The van der Waals surface area contributed by atoms with Gasteiger partial charge in [0.05, 0.1) is 6.07 Å². The molecule has 1 saturated carbocycles. The molecule has 1 aliphatic carbocycles. The molecule has 2 aromatic rings. The van der Waals surface area contributed by atoms with Crippen LogP contribution >= 0.6 is 0 Å². The molecule has 0 amide bonds. The van der Waals surface area contributed by atoms with Gasteiger partial charge in [0, 0.05) is 11.6 Å². The van der Waals surface area contributed by atoms with Gasteiger partial charge >= 0.3 is 0 Å². The maximum Gasteiger partial charge on any atom is 0.254 e. The van der Waals surface area contributed by atoms with Gasteiger partial charge in [-0.3, -0.25) is 4.79 Å². The van der Waals surface area contributed by atoms with E-state index >= 15 is 0 Å². The van der Waals surface area contributed by atoms with Crippen LogP contribution in [0.15, 0.2) is 29.1 Å². The number of benzene rings is 1. The minimum atomic E-state index is -0.181. The number of rotatable bonds is 3. The zero-order valence-electron chi connectivity index (χ0n) is 10.6. The first-order valence-electron chi connectivity index (χ1n) is 6.27. The van der Waals surface area contributed by atoms with Crippen LogP contribution in [0.5, 0.6) is 11.6 Å². The molecule has 0 saturated heterocycles. The fourth-order valence-electron chi connectivity index (χ4n) is 1.96. The Morgan fingerprint density at radius 1 is 1.37 bits per heavy atom. The maximum absolute atomic E-state index is 11.6. The number of hydrogen-bond acceptors (Lipinski definition) is 4. The number of ether oxygens (including phenoxy) is 1. The van der Waals surface area contributed by atoms with Crippen molar-refractivity contribution in [3.05, 3.63) is 46.0 Å². The summed E-state index contributed by atoms with van der Waals surface area (Å²) in [4.78, 5) is 18.7. The van der Waals surface area contributed by atoms with Crippen molar-refractivity contribution >= 4 is 5.69 Å². The van der Waals surface area contributed by atoms with Crippen LogP contribution in [0.25, 0.3) is 0 Å². The summed E-state index contributed by atoms with van der Waals surface area (Å²) in [5.74, 6) is 2.09. The van der Waals surface area contributed by atoms with Crippen molar-refractivity contribution in [1.29, 1.82) is 0 Å². The molecule has 0 bridgehead atoms. The average molecular weight is 257 g/mol. The molecule has 0 unspecified atom stereocenters. The van der Waals surface area contributed by atoms with Crippen molar-refractivity contribution in [3.63, 3.8) is 0 Å². The normalized spacial score (nSPS) is 14.4. The second-order valence-corrected chi connectivity index (χ2v) is 4.87. The van der Waals surface area contributed by atoms with Gasteiger partial charge in [-0.25, -0.2) is 0 Å². The van der Waals surface area contributed by atoms with Gasteiger partial charge < -0.3 is 15.5 Å². The van der Waals surface area contributed by atoms with Crippen LogP contribution in [-0.2, 0) is 0 Å². The van der Waals surface area contributed by atoms with Crippen LogP contribution < -0.4 is 16.0 Å². The number of H-pyrrole nitrogens is 1. The Morgan fingerprint density at radius 2 is 2.16 bits per heavy atom. The summed E-state index contributed by atoms with van der Waals surface area (Å²) < 4.78 is 5.68. The van der Waals surface area contributed by atoms with Gasteiger partial charge in [0.25, 0.3) is 5.56 Å². The standard InChI is InChI=1S/C14H15N3O2/c1-8-6-10(15)4-5-11(8)19-13-7-12(18)16-14(17-13)9-2-3-9/h4-7,9H,2-3,15H2,1H3,(H,16,17,18). The Morgan fingerprint density at radius 3 is 2.84 bits per heavy atom. The number of nitrogens with zero attached hydrogens (tertiary/aromatic N) is 1. The number of nitrogen functional groups attached to an aromatic ring is 1. The molecule has 98 valence electrons. The van der Waals surface area contributed by atoms with Crippen molar-refractivity contribution in [2.24, 2.45) is 0 Å². The fourth-order valence-corrected chi connectivity index (χ4v) is 1.96. The molecule has 0 atom stereocenters. The number of aromatic nitrogens is 2. The first-order chi connectivity index (χ1) is 9.11. The lowest BCUT2D eigenvalue weighted by Gasteiger charge is -2.09. The molecule has 0 radical (unpaired) electrons. The van der Waals surface area contributed by atoms with E-state index in [2.05, 4.69) is 9.97 Å². The molecule has 3 rings (SSSR count). The van der Waals surface area contributed by atoms with Gasteiger partial charge in [0.2, 0.25) is 5.88 Å². The maximum atomic E-state index is 11.6. The van der Waals surface area contributed by atoms with Crippen molar-refractivity contribution in [2.45, 2.75) is 25.7 Å². The zero-order chi connectivity index (χ0) is 13.4. The Labute approximate surface area is 110 Å². The number of nitrogens with one attached hydrogen (secondary N) is 1. The van der Waals surface area contributed by atoms with Crippen molar-refractivity contribution in [1.82, 2.24) is 9.97 Å². The van der Waals surface area contributed by atoms with Gasteiger partial charge in [-0.1, -0.05) is 0 Å². The molecular weight excluding hydrogens is 242 g/mol. The molecule has 3 N–H and O–H groups in total. The molecule has 0 spiro atoms. The molecule has 1 heterocycles. The van der Waals surface area contributed by atoms with Gasteiger partial charge in [-0.2, -0.15) is 4.98 Å². The third kappa shape index (κ3) is 2.59. The van der Waals surface area contributed by atoms with E-state index in [1.165, 1.54) is 6.07 Å². The highest BCUT2D eigenvalue weighted by molar-refractivity contribution is 5.48. The summed E-state index contributed by atoms with van der Waals surface area (Å²) in [6, 6.07) is 6.73. The second kappa shape index (κ2) is 4.42. The lowest BCUT2D eigenvalue weighted by atomic mass is 10.2. The molecule has 0 aliphatic heterocycles. The van der Waals surface area contributed by atoms with Gasteiger partial charge in [-0.15, -0.1) is 0 Å². The Kier molecular flexibility index (Phi) is 2.74. The first-order valence-corrected chi connectivity index (χ1v) is 6.27. The zero-order valence-corrected chi connectivity index (χ0v) is 10.6. The highest BCUT2D eigenvalue weighted by Gasteiger charge is 2.26. The minimum Gasteiger partial charge on any atom is -0.438 e. The Balaban J connectivity index is 1.92. The molecule has 1 fully saturated rings. The van der Waals surface area contributed by atoms with Gasteiger partial charge in [-0.05, 0) is 43.5 Å². The summed E-state index contributed by atoms with van der Waals surface area (Å²) in [5.41, 5.74) is 7.11. The van der Waals surface area contributed by atoms with Crippen molar-refractivity contribution < 1.29 is 4.74 Å². The molecule has 5 heteroatoms. The fraction of sp³-hybridized carbons (Fsp3) is 0.286. The second-order valence-electron chi connectivity index (χ2n) is 4.87. The largest absolute Gasteiger partial charge is 0.438 e. The van der Waals surface area contributed by atoms with E-state index in [0.717, 1.165) is 24.2 Å². The molecule has 19 heavy (non-hydrogen) atoms. The summed E-state index contributed by atoms with van der Waals surface area (Å²) in [6.07, 6.45) is 2.15. The molecular formula is C14H15N3O2. The molecule has 1 aromatic carbocycles. The van der Waals surface area contributed by atoms with E-state index in [1.54, 1.807) is 12.1 Å². The van der Waals surface area contributed by atoms with Gasteiger partial charge in [0.15, 0.2) is 0 Å². The monoisotopic (exact) mass is 257 g/mol. The topological polar surface area (TPSA) is 81.0 Å². The lowest BCUT2D eigenvalue weighted by Crippen LogP contribution is -2.10. The third-order valence-electron chi connectivity index (χ3n) is 3.11. The van der Waals surface area contributed by atoms with Crippen LogP contribution in [0.2, 0.25) is 0 Å². The van der Waals surface area contributed by atoms with Crippen LogP contribution in [0, 0.1) is 6.92 Å². The van der Waals surface area contributed by atoms with E-state index < -0.39 is 0 Å². The predicted molar refractivity (Wildman–Crippen MR) is 72.5 cm³/mol. The first kappa shape index (κ1) is 11.8. The summed E-state index contributed by atoms with van der Waals surface area (Å²) >= 11 is 0. The van der Waals surface area contributed by atoms with E-state index in [4.69, 9.17) is 10.5 Å². The number of aromatic amines is 1. The lowest BCUT2D eigenvalue weighted by molar-refractivity contribution is 0.454. The van der Waals surface area contributed by atoms with Crippen LogP contribution in [0.3, 0.4) is 0 Å². The highest BCUT2D eigenvalue weighted by Crippen LogP contribution is 2.38. The number of hydrogen-bond donors (Lipinski definition) is 2. The summed E-state index contributed by atoms with van der Waals surface area (Å²) in [6.45, 7) is 1.90. The smallest absolute Gasteiger partial charge is 0.254 e. The number of anilines is 1. The van der Waals surface area contributed by atoms with E-state index in [0.29, 0.717) is 23.2 Å². The van der Waals surface area contributed by atoms with Crippen LogP contribution in [-0.4, -0.2) is 9.97 Å².